The average molecular weight is 367 g/mol. The summed E-state index contributed by atoms with van der Waals surface area (Å²) in [4.78, 5) is 17.0. The third kappa shape index (κ3) is 2.34. The SMILES string of the molecule is CN1CCc2nc3sc4c(Cl)ncnc4c3c(-c3ccccc3)c2C1. The Morgan fingerprint density at radius 2 is 2.00 bits per heavy atom. The van der Waals surface area contributed by atoms with Crippen molar-refractivity contribution in [2.75, 3.05) is 13.6 Å². The van der Waals surface area contributed by atoms with Crippen molar-refractivity contribution in [3.8, 4) is 11.1 Å². The fourth-order valence-electron chi connectivity index (χ4n) is 3.61. The summed E-state index contributed by atoms with van der Waals surface area (Å²) in [6.07, 6.45) is 2.51. The van der Waals surface area contributed by atoms with Gasteiger partial charge in [0.2, 0.25) is 0 Å². The molecule has 1 aliphatic heterocycles. The summed E-state index contributed by atoms with van der Waals surface area (Å²) in [5.74, 6) is 0. The van der Waals surface area contributed by atoms with Gasteiger partial charge in [-0.1, -0.05) is 41.9 Å². The second-order valence-corrected chi connectivity index (χ2v) is 7.75. The van der Waals surface area contributed by atoms with Crippen LogP contribution < -0.4 is 0 Å². The van der Waals surface area contributed by atoms with Crippen LogP contribution in [0.4, 0.5) is 0 Å². The van der Waals surface area contributed by atoms with E-state index in [2.05, 4.69) is 46.2 Å². The minimum absolute atomic E-state index is 0.502. The predicted molar refractivity (Wildman–Crippen MR) is 103 cm³/mol. The maximum atomic E-state index is 6.33. The molecule has 124 valence electrons. The van der Waals surface area contributed by atoms with Crippen LogP contribution >= 0.6 is 22.9 Å². The minimum Gasteiger partial charge on any atom is -0.302 e. The van der Waals surface area contributed by atoms with E-state index in [1.807, 2.05) is 6.07 Å². The molecule has 0 unspecified atom stereocenters. The highest BCUT2D eigenvalue weighted by Crippen LogP contribution is 2.43. The van der Waals surface area contributed by atoms with E-state index >= 15 is 0 Å². The quantitative estimate of drug-likeness (QED) is 0.463. The molecular weight excluding hydrogens is 352 g/mol. The molecule has 0 radical (unpaired) electrons. The van der Waals surface area contributed by atoms with Crippen LogP contribution in [0.15, 0.2) is 36.7 Å². The van der Waals surface area contributed by atoms with Crippen molar-refractivity contribution in [3.63, 3.8) is 0 Å². The van der Waals surface area contributed by atoms with Crippen LogP contribution in [0.5, 0.6) is 0 Å². The summed E-state index contributed by atoms with van der Waals surface area (Å²) in [6.45, 7) is 1.93. The minimum atomic E-state index is 0.502. The van der Waals surface area contributed by atoms with Crippen LogP contribution in [0.3, 0.4) is 0 Å². The maximum Gasteiger partial charge on any atom is 0.150 e. The molecule has 0 atom stereocenters. The summed E-state index contributed by atoms with van der Waals surface area (Å²) in [6, 6.07) is 10.5. The second-order valence-electron chi connectivity index (χ2n) is 6.39. The molecule has 5 rings (SSSR count). The monoisotopic (exact) mass is 366 g/mol. The van der Waals surface area contributed by atoms with Crippen molar-refractivity contribution in [2.45, 2.75) is 13.0 Å². The zero-order valence-corrected chi connectivity index (χ0v) is 15.2. The number of halogens is 1. The molecule has 3 aromatic heterocycles. The molecule has 6 heteroatoms. The van der Waals surface area contributed by atoms with Gasteiger partial charge in [-0.15, -0.1) is 11.3 Å². The van der Waals surface area contributed by atoms with E-state index in [4.69, 9.17) is 16.6 Å². The Bertz CT molecular complexity index is 1110. The van der Waals surface area contributed by atoms with Crippen LogP contribution in [0, 0.1) is 0 Å². The summed E-state index contributed by atoms with van der Waals surface area (Å²) in [5.41, 5.74) is 5.86. The van der Waals surface area contributed by atoms with Gasteiger partial charge in [0.1, 0.15) is 16.3 Å². The topological polar surface area (TPSA) is 41.9 Å². The van der Waals surface area contributed by atoms with Gasteiger partial charge in [0, 0.05) is 36.2 Å². The Balaban J connectivity index is 1.97. The van der Waals surface area contributed by atoms with E-state index in [1.54, 1.807) is 11.3 Å². The van der Waals surface area contributed by atoms with Crippen LogP contribution in [0.2, 0.25) is 5.15 Å². The molecule has 0 amide bonds. The number of nitrogens with zero attached hydrogens (tertiary/aromatic N) is 4. The van der Waals surface area contributed by atoms with Gasteiger partial charge in [0.15, 0.2) is 0 Å². The Morgan fingerprint density at radius 3 is 2.84 bits per heavy atom. The van der Waals surface area contributed by atoms with Gasteiger partial charge in [0.05, 0.1) is 10.2 Å². The van der Waals surface area contributed by atoms with Crippen molar-refractivity contribution in [2.24, 2.45) is 0 Å². The van der Waals surface area contributed by atoms with Gasteiger partial charge in [-0.2, -0.15) is 0 Å². The van der Waals surface area contributed by atoms with E-state index < -0.39 is 0 Å². The summed E-state index contributed by atoms with van der Waals surface area (Å²) >= 11 is 7.92. The Kier molecular flexibility index (Phi) is 3.48. The van der Waals surface area contributed by atoms with Gasteiger partial charge in [-0.05, 0) is 18.2 Å². The van der Waals surface area contributed by atoms with Gasteiger partial charge < -0.3 is 4.90 Å². The summed E-state index contributed by atoms with van der Waals surface area (Å²) in [7, 11) is 2.16. The molecule has 4 nitrogen and oxygen atoms in total. The zero-order chi connectivity index (χ0) is 17.0. The molecule has 0 spiro atoms. The number of pyridine rings is 1. The van der Waals surface area contributed by atoms with E-state index in [-0.39, 0.29) is 0 Å². The molecule has 0 N–H and O–H groups in total. The van der Waals surface area contributed by atoms with Crippen molar-refractivity contribution < 1.29 is 0 Å². The molecular formula is C19H15ClN4S. The Hall–Kier alpha value is -2.08. The van der Waals surface area contributed by atoms with E-state index in [0.717, 1.165) is 39.9 Å². The molecule has 0 bridgehead atoms. The number of fused-ring (bicyclic) bond motifs is 4. The normalized spacial score (nSPS) is 15.0. The molecule has 25 heavy (non-hydrogen) atoms. The van der Waals surface area contributed by atoms with Crippen molar-refractivity contribution in [3.05, 3.63) is 53.1 Å². The second kappa shape index (κ2) is 5.73. The summed E-state index contributed by atoms with van der Waals surface area (Å²) in [5, 5.41) is 1.60. The van der Waals surface area contributed by atoms with E-state index in [9.17, 15) is 0 Å². The lowest BCUT2D eigenvalue weighted by Gasteiger charge is -2.27. The first kappa shape index (κ1) is 15.2. The molecule has 4 aromatic rings. The number of hydrogen-bond donors (Lipinski definition) is 0. The molecule has 0 aliphatic carbocycles. The first-order chi connectivity index (χ1) is 12.2. The number of likely N-dealkylation sites (N-methyl/N-ethyl adjacent to an activating group) is 1. The third-order valence-electron chi connectivity index (χ3n) is 4.77. The van der Waals surface area contributed by atoms with Crippen LogP contribution in [0.1, 0.15) is 11.3 Å². The zero-order valence-electron chi connectivity index (χ0n) is 13.7. The fraction of sp³-hybridized carbons (Fsp3) is 0.211. The smallest absolute Gasteiger partial charge is 0.150 e. The Labute approximate surface area is 154 Å². The lowest BCUT2D eigenvalue weighted by Crippen LogP contribution is -2.27. The number of hydrogen-bond acceptors (Lipinski definition) is 5. The fourth-order valence-corrected chi connectivity index (χ4v) is 4.89. The standard InChI is InChI=1S/C19H15ClN4S/c1-24-8-7-13-12(9-24)14(11-5-3-2-4-6-11)15-16-17(25-19(15)23-13)18(20)22-10-21-16/h2-6,10H,7-9H2,1H3. The predicted octanol–water partition coefficient (Wildman–Crippen LogP) is 4.55. The molecule has 0 saturated carbocycles. The highest BCUT2D eigenvalue weighted by Gasteiger charge is 2.25. The molecule has 0 saturated heterocycles. The number of benzene rings is 1. The lowest BCUT2D eigenvalue weighted by atomic mass is 9.92. The molecule has 1 aliphatic rings. The summed E-state index contributed by atoms with van der Waals surface area (Å²) < 4.78 is 0.916. The van der Waals surface area contributed by atoms with Crippen molar-refractivity contribution in [1.29, 1.82) is 0 Å². The van der Waals surface area contributed by atoms with Gasteiger partial charge >= 0.3 is 0 Å². The number of aromatic nitrogens is 3. The van der Waals surface area contributed by atoms with Gasteiger partial charge in [0.25, 0.3) is 0 Å². The van der Waals surface area contributed by atoms with Crippen LogP contribution in [-0.2, 0) is 13.0 Å². The van der Waals surface area contributed by atoms with Crippen LogP contribution in [0.25, 0.3) is 31.6 Å². The van der Waals surface area contributed by atoms with E-state index in [0.29, 0.717) is 5.15 Å². The highest BCUT2D eigenvalue weighted by atomic mass is 35.5. The third-order valence-corrected chi connectivity index (χ3v) is 6.25. The lowest BCUT2D eigenvalue weighted by molar-refractivity contribution is 0.311. The average Bonchev–Trinajstić information content (AvgIpc) is 3.00. The number of rotatable bonds is 1. The highest BCUT2D eigenvalue weighted by molar-refractivity contribution is 7.26. The molecule has 1 aromatic carbocycles. The van der Waals surface area contributed by atoms with Crippen molar-refractivity contribution >= 4 is 43.4 Å². The van der Waals surface area contributed by atoms with Crippen molar-refractivity contribution in [1.82, 2.24) is 19.9 Å². The first-order valence-electron chi connectivity index (χ1n) is 8.21. The van der Waals surface area contributed by atoms with E-state index in [1.165, 1.54) is 28.7 Å². The van der Waals surface area contributed by atoms with Gasteiger partial charge in [-0.25, -0.2) is 15.0 Å². The van der Waals surface area contributed by atoms with Gasteiger partial charge in [-0.3, -0.25) is 0 Å². The number of thiophene rings is 1. The van der Waals surface area contributed by atoms with Crippen LogP contribution in [-0.4, -0.2) is 33.4 Å². The maximum absolute atomic E-state index is 6.33. The Morgan fingerprint density at radius 1 is 1.16 bits per heavy atom. The largest absolute Gasteiger partial charge is 0.302 e. The first-order valence-corrected chi connectivity index (χ1v) is 9.40. The molecule has 4 heterocycles. The molecule has 0 fully saturated rings.